The van der Waals surface area contributed by atoms with Crippen molar-refractivity contribution in [2.24, 2.45) is 0 Å². The third-order valence-electron chi connectivity index (χ3n) is 5.86. The SMILES string of the molecule is CCN1C(=O)c2c(O)c(=O)c(C(=O)NCc3c(Cl)ccc(Cl)c3F)cn2N2CCCC[C@@H]12. The number of nitrogens with zero attached hydrogens (tertiary/aromatic N) is 3. The monoisotopic (exact) mass is 482 g/mol. The normalized spacial score (nSPS) is 17.8. The zero-order valence-corrected chi connectivity index (χ0v) is 18.7. The van der Waals surface area contributed by atoms with Gasteiger partial charge in [-0.1, -0.05) is 23.2 Å². The van der Waals surface area contributed by atoms with Crippen molar-refractivity contribution in [1.82, 2.24) is 14.9 Å². The molecule has 2 aliphatic rings. The number of hydrogen-bond acceptors (Lipinski definition) is 5. The number of carbonyl (C=O) groups excluding carboxylic acids is 2. The van der Waals surface area contributed by atoms with Crippen LogP contribution < -0.4 is 15.8 Å². The van der Waals surface area contributed by atoms with E-state index in [2.05, 4.69) is 5.32 Å². The number of benzene rings is 1. The molecule has 0 bridgehead atoms. The summed E-state index contributed by atoms with van der Waals surface area (Å²) in [6.07, 6.45) is 3.56. The molecule has 2 amide bonds. The standard InChI is InChI=1S/C21H21Cl2FN4O4/c1-2-26-15-5-3-4-8-27(15)28-10-12(18(29)19(30)17(28)21(26)32)20(31)25-9-11-13(22)6-7-14(23)16(11)24/h6-7,10,15,30H,2-5,8-9H2,1H3,(H,25,31)/t15-/m0/s1. The van der Waals surface area contributed by atoms with E-state index in [4.69, 9.17) is 23.2 Å². The van der Waals surface area contributed by atoms with Gasteiger partial charge in [0, 0.05) is 36.4 Å². The molecule has 0 radical (unpaired) electrons. The number of aromatic hydroxyl groups is 1. The number of fused-ring (bicyclic) bond motifs is 3. The Kier molecular flexibility index (Phi) is 6.05. The average Bonchev–Trinajstić information content (AvgIpc) is 2.78. The summed E-state index contributed by atoms with van der Waals surface area (Å²) >= 11 is 11.8. The van der Waals surface area contributed by atoms with Gasteiger partial charge in [0.25, 0.3) is 11.8 Å². The first-order chi connectivity index (χ1) is 15.3. The minimum absolute atomic E-state index is 0.0281. The lowest BCUT2D eigenvalue weighted by molar-refractivity contribution is 0.0534. The number of amides is 2. The summed E-state index contributed by atoms with van der Waals surface area (Å²) in [4.78, 5) is 40.1. The molecule has 170 valence electrons. The van der Waals surface area contributed by atoms with Gasteiger partial charge in [-0.05, 0) is 38.3 Å². The Morgan fingerprint density at radius 2 is 1.97 bits per heavy atom. The number of rotatable bonds is 4. The van der Waals surface area contributed by atoms with Crippen molar-refractivity contribution in [3.63, 3.8) is 0 Å². The molecule has 32 heavy (non-hydrogen) atoms. The molecule has 11 heteroatoms. The minimum atomic E-state index is -0.980. The molecular weight excluding hydrogens is 462 g/mol. The van der Waals surface area contributed by atoms with E-state index in [9.17, 15) is 23.9 Å². The van der Waals surface area contributed by atoms with Crippen molar-refractivity contribution in [1.29, 1.82) is 0 Å². The van der Waals surface area contributed by atoms with Crippen molar-refractivity contribution in [3.8, 4) is 5.75 Å². The maximum absolute atomic E-state index is 14.3. The van der Waals surface area contributed by atoms with E-state index in [1.807, 2.05) is 11.9 Å². The second-order valence-electron chi connectivity index (χ2n) is 7.65. The lowest BCUT2D eigenvalue weighted by atomic mass is 10.1. The van der Waals surface area contributed by atoms with Gasteiger partial charge in [-0.3, -0.25) is 24.1 Å². The number of hydrogen-bond donors (Lipinski definition) is 2. The zero-order chi connectivity index (χ0) is 23.2. The first-order valence-corrected chi connectivity index (χ1v) is 11.0. The summed E-state index contributed by atoms with van der Waals surface area (Å²) in [6.45, 7) is 2.52. The van der Waals surface area contributed by atoms with Gasteiger partial charge in [-0.15, -0.1) is 0 Å². The number of nitrogens with one attached hydrogen (secondary N) is 1. The number of piperidine rings is 1. The van der Waals surface area contributed by atoms with E-state index in [0.29, 0.717) is 13.1 Å². The summed E-state index contributed by atoms with van der Waals surface area (Å²) in [6, 6.07) is 2.69. The Hall–Kier alpha value is -2.78. The van der Waals surface area contributed by atoms with Crippen LogP contribution in [0.5, 0.6) is 5.75 Å². The van der Waals surface area contributed by atoms with Crippen LogP contribution in [-0.4, -0.2) is 45.8 Å². The van der Waals surface area contributed by atoms with Gasteiger partial charge in [0.15, 0.2) is 11.4 Å². The van der Waals surface area contributed by atoms with Crippen LogP contribution >= 0.6 is 23.2 Å². The second-order valence-corrected chi connectivity index (χ2v) is 8.46. The van der Waals surface area contributed by atoms with Gasteiger partial charge in [0.1, 0.15) is 17.5 Å². The lowest BCUT2D eigenvalue weighted by Crippen LogP contribution is -2.63. The molecule has 2 N–H and O–H groups in total. The van der Waals surface area contributed by atoms with Crippen LogP contribution in [0.1, 0.15) is 52.6 Å². The predicted octanol–water partition coefficient (Wildman–Crippen LogP) is 2.85. The van der Waals surface area contributed by atoms with Crippen molar-refractivity contribution in [2.75, 3.05) is 18.1 Å². The van der Waals surface area contributed by atoms with Crippen LogP contribution in [0.15, 0.2) is 23.1 Å². The fraction of sp³-hybridized carbons (Fsp3) is 0.381. The van der Waals surface area contributed by atoms with Gasteiger partial charge in [-0.25, -0.2) is 4.39 Å². The van der Waals surface area contributed by atoms with Crippen molar-refractivity contribution >= 4 is 35.0 Å². The van der Waals surface area contributed by atoms with E-state index in [1.165, 1.54) is 23.0 Å². The molecule has 0 saturated carbocycles. The average molecular weight is 483 g/mol. The quantitative estimate of drug-likeness (QED) is 0.653. The Bertz CT molecular complexity index is 1170. The Labute approximate surface area is 193 Å². The zero-order valence-electron chi connectivity index (χ0n) is 17.2. The summed E-state index contributed by atoms with van der Waals surface area (Å²) in [5.74, 6) is -2.87. The molecule has 2 aromatic rings. The van der Waals surface area contributed by atoms with Crippen LogP contribution in [0.4, 0.5) is 4.39 Å². The molecule has 1 aromatic heterocycles. The lowest BCUT2D eigenvalue weighted by Gasteiger charge is -2.48. The highest BCUT2D eigenvalue weighted by atomic mass is 35.5. The molecule has 0 unspecified atom stereocenters. The highest BCUT2D eigenvalue weighted by molar-refractivity contribution is 6.33. The fourth-order valence-corrected chi connectivity index (χ4v) is 4.63. The topological polar surface area (TPSA) is 94.9 Å². The predicted molar refractivity (Wildman–Crippen MR) is 117 cm³/mol. The van der Waals surface area contributed by atoms with E-state index in [-0.39, 0.29) is 39.6 Å². The smallest absolute Gasteiger partial charge is 0.278 e. The molecule has 2 aliphatic heterocycles. The third-order valence-corrected chi connectivity index (χ3v) is 6.50. The number of pyridine rings is 1. The first-order valence-electron chi connectivity index (χ1n) is 10.2. The van der Waals surface area contributed by atoms with Gasteiger partial charge < -0.3 is 15.3 Å². The molecule has 1 saturated heterocycles. The molecule has 3 heterocycles. The van der Waals surface area contributed by atoms with Crippen molar-refractivity contribution in [2.45, 2.75) is 38.9 Å². The maximum Gasteiger partial charge on any atom is 0.278 e. The largest absolute Gasteiger partial charge is 0.502 e. The highest BCUT2D eigenvalue weighted by Gasteiger charge is 2.40. The number of carbonyl (C=O) groups is 2. The Balaban J connectivity index is 1.71. The van der Waals surface area contributed by atoms with Crippen molar-refractivity contribution < 1.29 is 19.1 Å². The minimum Gasteiger partial charge on any atom is -0.502 e. The first kappa shape index (κ1) is 22.4. The van der Waals surface area contributed by atoms with Crippen LogP contribution in [0, 0.1) is 5.82 Å². The molecule has 4 rings (SSSR count). The Morgan fingerprint density at radius 1 is 1.25 bits per heavy atom. The summed E-state index contributed by atoms with van der Waals surface area (Å²) in [5, 5.41) is 14.8. The second kappa shape index (κ2) is 8.63. The molecule has 8 nitrogen and oxygen atoms in total. The van der Waals surface area contributed by atoms with Crippen LogP contribution in [-0.2, 0) is 6.54 Å². The van der Waals surface area contributed by atoms with E-state index < -0.39 is 28.8 Å². The van der Waals surface area contributed by atoms with E-state index >= 15 is 0 Å². The fourth-order valence-electron chi connectivity index (χ4n) is 4.24. The van der Waals surface area contributed by atoms with Crippen LogP contribution in [0.25, 0.3) is 0 Å². The molecule has 0 aliphatic carbocycles. The van der Waals surface area contributed by atoms with Crippen molar-refractivity contribution in [3.05, 3.63) is 61.2 Å². The summed E-state index contributed by atoms with van der Waals surface area (Å²) in [5.41, 5.74) is -1.55. The van der Waals surface area contributed by atoms with Gasteiger partial charge >= 0.3 is 0 Å². The van der Waals surface area contributed by atoms with Crippen LogP contribution in [0.3, 0.4) is 0 Å². The van der Waals surface area contributed by atoms with Gasteiger partial charge in [0.2, 0.25) is 5.43 Å². The maximum atomic E-state index is 14.3. The molecule has 1 fully saturated rings. The summed E-state index contributed by atoms with van der Waals surface area (Å²) < 4.78 is 15.7. The highest BCUT2D eigenvalue weighted by Crippen LogP contribution is 2.30. The number of halogens is 3. The Morgan fingerprint density at radius 3 is 2.69 bits per heavy atom. The molecule has 0 spiro atoms. The van der Waals surface area contributed by atoms with Crippen LogP contribution in [0.2, 0.25) is 10.0 Å². The number of aromatic nitrogens is 1. The molecule has 1 atom stereocenters. The third kappa shape index (κ3) is 3.59. The van der Waals surface area contributed by atoms with Gasteiger partial charge in [-0.2, -0.15) is 0 Å². The van der Waals surface area contributed by atoms with Gasteiger partial charge in [0.05, 0.1) is 5.02 Å². The summed E-state index contributed by atoms with van der Waals surface area (Å²) in [7, 11) is 0. The molecular formula is C21H21Cl2FN4O4. The van der Waals surface area contributed by atoms with E-state index in [0.717, 1.165) is 19.3 Å². The van der Waals surface area contributed by atoms with E-state index in [1.54, 1.807) is 4.90 Å². The molecule has 1 aromatic carbocycles.